The van der Waals surface area contributed by atoms with Crippen molar-refractivity contribution >= 4 is 11.9 Å². The number of hydrogen-bond donors (Lipinski definition) is 1. The minimum Gasteiger partial charge on any atom is -0.459 e. The molecule has 6 heteroatoms. The first-order chi connectivity index (χ1) is 11.5. The van der Waals surface area contributed by atoms with Crippen LogP contribution in [0.5, 0.6) is 0 Å². The van der Waals surface area contributed by atoms with E-state index in [1.165, 1.54) is 6.07 Å². The molecule has 1 heterocycles. The van der Waals surface area contributed by atoms with Gasteiger partial charge in [0, 0.05) is 24.1 Å². The summed E-state index contributed by atoms with van der Waals surface area (Å²) in [6, 6.07) is 3.17. The Kier molecular flexibility index (Phi) is 4.64. The number of carbonyl (C=O) groups excluding carboxylic acids is 2. The minimum absolute atomic E-state index is 0.0744. The van der Waals surface area contributed by atoms with Crippen molar-refractivity contribution in [1.82, 2.24) is 5.32 Å². The van der Waals surface area contributed by atoms with E-state index in [0.29, 0.717) is 5.70 Å². The number of carbonyl (C=O) groups is 2. The van der Waals surface area contributed by atoms with E-state index >= 15 is 0 Å². The SMILES string of the molecule is CC1=C(C(=O)OC2CCCC2)[C@@H](c2ccc(F)cc2F)CC(=O)N1. The molecular weight excluding hydrogens is 316 g/mol. The third-order valence-electron chi connectivity index (χ3n) is 4.60. The van der Waals surface area contributed by atoms with Crippen molar-refractivity contribution in [2.45, 2.75) is 51.0 Å². The maximum absolute atomic E-state index is 14.2. The van der Waals surface area contributed by atoms with E-state index in [-0.39, 0.29) is 29.6 Å². The van der Waals surface area contributed by atoms with Gasteiger partial charge in [-0.2, -0.15) is 0 Å². The third kappa shape index (κ3) is 3.32. The normalized spacial score (nSPS) is 21.8. The zero-order valence-electron chi connectivity index (χ0n) is 13.4. The molecule has 1 aliphatic heterocycles. The van der Waals surface area contributed by atoms with Crippen LogP contribution in [0.3, 0.4) is 0 Å². The summed E-state index contributed by atoms with van der Waals surface area (Å²) in [5.41, 5.74) is 0.735. The molecule has 1 aliphatic carbocycles. The molecule has 0 aromatic heterocycles. The van der Waals surface area contributed by atoms with E-state index in [9.17, 15) is 18.4 Å². The topological polar surface area (TPSA) is 55.4 Å². The Morgan fingerprint density at radius 1 is 1.25 bits per heavy atom. The van der Waals surface area contributed by atoms with E-state index < -0.39 is 23.5 Å². The average Bonchev–Trinajstić information content (AvgIpc) is 2.99. The first-order valence-corrected chi connectivity index (χ1v) is 8.12. The Hall–Kier alpha value is -2.24. The molecule has 24 heavy (non-hydrogen) atoms. The fraction of sp³-hybridized carbons (Fsp3) is 0.444. The van der Waals surface area contributed by atoms with Crippen LogP contribution in [0.1, 0.15) is 50.5 Å². The minimum atomic E-state index is -0.770. The molecule has 0 radical (unpaired) electrons. The molecule has 2 aliphatic rings. The molecule has 4 nitrogen and oxygen atoms in total. The number of allylic oxidation sites excluding steroid dienone is 1. The lowest BCUT2D eigenvalue weighted by Crippen LogP contribution is -2.35. The Morgan fingerprint density at radius 2 is 1.96 bits per heavy atom. The number of ether oxygens (including phenoxy) is 1. The molecule has 3 rings (SSSR count). The van der Waals surface area contributed by atoms with Crippen molar-refractivity contribution in [3.63, 3.8) is 0 Å². The Bertz CT molecular complexity index is 708. The number of esters is 1. The monoisotopic (exact) mass is 335 g/mol. The van der Waals surface area contributed by atoms with E-state index in [2.05, 4.69) is 5.32 Å². The van der Waals surface area contributed by atoms with Gasteiger partial charge >= 0.3 is 5.97 Å². The molecule has 1 fully saturated rings. The van der Waals surface area contributed by atoms with Gasteiger partial charge in [0.25, 0.3) is 0 Å². The molecule has 0 bridgehead atoms. The lowest BCUT2D eigenvalue weighted by molar-refractivity contribution is -0.144. The highest BCUT2D eigenvalue weighted by atomic mass is 19.1. The van der Waals surface area contributed by atoms with Gasteiger partial charge in [-0.1, -0.05) is 6.07 Å². The Morgan fingerprint density at radius 3 is 2.62 bits per heavy atom. The molecule has 1 N–H and O–H groups in total. The number of halogens is 2. The predicted octanol–water partition coefficient (Wildman–Crippen LogP) is 3.33. The van der Waals surface area contributed by atoms with Crippen molar-refractivity contribution in [3.8, 4) is 0 Å². The van der Waals surface area contributed by atoms with Gasteiger partial charge in [-0.05, 0) is 44.2 Å². The molecule has 0 spiro atoms. The molecule has 0 unspecified atom stereocenters. The van der Waals surface area contributed by atoms with Crippen molar-refractivity contribution in [1.29, 1.82) is 0 Å². The van der Waals surface area contributed by atoms with Gasteiger partial charge in [-0.15, -0.1) is 0 Å². The van der Waals surface area contributed by atoms with Crippen LogP contribution < -0.4 is 5.32 Å². The first-order valence-electron chi connectivity index (χ1n) is 8.12. The first kappa shape index (κ1) is 16.6. The second kappa shape index (κ2) is 6.71. The van der Waals surface area contributed by atoms with Crippen LogP contribution in [-0.2, 0) is 14.3 Å². The number of nitrogens with one attached hydrogen (secondary N) is 1. The van der Waals surface area contributed by atoms with Gasteiger partial charge in [0.15, 0.2) is 0 Å². The number of benzene rings is 1. The third-order valence-corrected chi connectivity index (χ3v) is 4.60. The molecule has 0 saturated heterocycles. The number of amides is 1. The summed E-state index contributed by atoms with van der Waals surface area (Å²) in [5.74, 6) is -3.08. The summed E-state index contributed by atoms with van der Waals surface area (Å²) in [6.07, 6.45) is 3.47. The fourth-order valence-electron chi connectivity index (χ4n) is 3.44. The quantitative estimate of drug-likeness (QED) is 0.862. The van der Waals surface area contributed by atoms with Crippen molar-refractivity contribution in [3.05, 3.63) is 46.7 Å². The Labute approximate surface area is 138 Å². The highest BCUT2D eigenvalue weighted by molar-refractivity contribution is 5.95. The number of hydrogen-bond acceptors (Lipinski definition) is 3. The van der Waals surface area contributed by atoms with E-state index in [4.69, 9.17) is 4.74 Å². The standard InChI is InChI=1S/C18H19F2NO3/c1-10-17(18(23)24-12-4-2-3-5-12)14(9-16(22)21-10)13-7-6-11(19)8-15(13)20/h6-8,12,14H,2-5,9H2,1H3,(H,21,22)/t14-/m1/s1. The van der Waals surface area contributed by atoms with Gasteiger partial charge in [0.2, 0.25) is 5.91 Å². The molecule has 1 aromatic carbocycles. The molecular formula is C18H19F2NO3. The second-order valence-electron chi connectivity index (χ2n) is 6.32. The van der Waals surface area contributed by atoms with E-state index in [1.54, 1.807) is 6.92 Å². The van der Waals surface area contributed by atoms with Gasteiger partial charge in [0.1, 0.15) is 17.7 Å². The molecule has 128 valence electrons. The van der Waals surface area contributed by atoms with Crippen molar-refractivity contribution < 1.29 is 23.1 Å². The summed E-state index contributed by atoms with van der Waals surface area (Å²) in [7, 11) is 0. The molecule has 1 saturated carbocycles. The average molecular weight is 335 g/mol. The van der Waals surface area contributed by atoms with E-state index in [0.717, 1.165) is 37.8 Å². The van der Waals surface area contributed by atoms with Crippen LogP contribution in [0.2, 0.25) is 0 Å². The predicted molar refractivity (Wildman–Crippen MR) is 82.9 cm³/mol. The van der Waals surface area contributed by atoms with Gasteiger partial charge in [-0.25, -0.2) is 13.6 Å². The Balaban J connectivity index is 1.93. The zero-order valence-corrected chi connectivity index (χ0v) is 13.4. The van der Waals surface area contributed by atoms with E-state index in [1.807, 2.05) is 0 Å². The maximum Gasteiger partial charge on any atom is 0.336 e. The van der Waals surface area contributed by atoms with Crippen LogP contribution >= 0.6 is 0 Å². The van der Waals surface area contributed by atoms with Crippen LogP contribution in [0, 0.1) is 11.6 Å². The van der Waals surface area contributed by atoms with Gasteiger partial charge < -0.3 is 10.1 Å². The fourth-order valence-corrected chi connectivity index (χ4v) is 3.44. The summed E-state index contributed by atoms with van der Waals surface area (Å²) >= 11 is 0. The molecule has 1 atom stereocenters. The summed E-state index contributed by atoms with van der Waals surface area (Å²) in [5, 5.41) is 2.61. The second-order valence-corrected chi connectivity index (χ2v) is 6.32. The highest BCUT2D eigenvalue weighted by Gasteiger charge is 2.35. The van der Waals surface area contributed by atoms with Gasteiger partial charge in [-0.3, -0.25) is 4.79 Å². The molecule has 1 aromatic rings. The van der Waals surface area contributed by atoms with Crippen LogP contribution in [-0.4, -0.2) is 18.0 Å². The van der Waals surface area contributed by atoms with Crippen molar-refractivity contribution in [2.75, 3.05) is 0 Å². The summed E-state index contributed by atoms with van der Waals surface area (Å²) in [6.45, 7) is 1.59. The van der Waals surface area contributed by atoms with Gasteiger partial charge in [0.05, 0.1) is 5.57 Å². The maximum atomic E-state index is 14.2. The highest BCUT2D eigenvalue weighted by Crippen LogP contribution is 2.36. The smallest absolute Gasteiger partial charge is 0.336 e. The summed E-state index contributed by atoms with van der Waals surface area (Å²) in [4.78, 5) is 24.5. The van der Waals surface area contributed by atoms with Crippen LogP contribution in [0.25, 0.3) is 0 Å². The van der Waals surface area contributed by atoms with Crippen molar-refractivity contribution in [2.24, 2.45) is 0 Å². The zero-order chi connectivity index (χ0) is 17.3. The largest absolute Gasteiger partial charge is 0.459 e. The lowest BCUT2D eigenvalue weighted by atomic mass is 9.84. The summed E-state index contributed by atoms with van der Waals surface area (Å²) < 4.78 is 32.9. The van der Waals surface area contributed by atoms with Crippen LogP contribution in [0.4, 0.5) is 8.78 Å². The number of rotatable bonds is 3. The lowest BCUT2D eigenvalue weighted by Gasteiger charge is -2.27. The molecule has 1 amide bonds. The van der Waals surface area contributed by atoms with Crippen LogP contribution in [0.15, 0.2) is 29.5 Å².